The van der Waals surface area contributed by atoms with E-state index >= 15 is 0 Å². The number of allylic oxidation sites excluding steroid dienone is 5. The van der Waals surface area contributed by atoms with Crippen molar-refractivity contribution in [2.75, 3.05) is 0 Å². The van der Waals surface area contributed by atoms with Crippen LogP contribution in [0.2, 0.25) is 0 Å². The van der Waals surface area contributed by atoms with E-state index in [-0.39, 0.29) is 34.4 Å². The van der Waals surface area contributed by atoms with Crippen LogP contribution in [0.3, 0.4) is 0 Å². The summed E-state index contributed by atoms with van der Waals surface area (Å²) in [5.74, 6) is 4.00. The fraction of sp³-hybridized carbons (Fsp3) is 0.412. The predicted octanol–water partition coefficient (Wildman–Crippen LogP) is 16.0. The number of fused-ring (bicyclic) bond motifs is 6. The fourth-order valence-corrected chi connectivity index (χ4v) is 9.41. The highest BCUT2D eigenvalue weighted by molar-refractivity contribution is 5.93. The normalized spacial score (nSPS) is 25.3. The van der Waals surface area contributed by atoms with E-state index in [1.165, 1.54) is 12.8 Å². The third-order valence-electron chi connectivity index (χ3n) is 14.0. The molecule has 0 amide bonds. The second-order valence-electron chi connectivity index (χ2n) is 18.8. The van der Waals surface area contributed by atoms with Gasteiger partial charge >= 0.3 is 0 Å². The zero-order chi connectivity index (χ0) is 51.6. The van der Waals surface area contributed by atoms with Crippen molar-refractivity contribution in [3.8, 4) is 0 Å². The van der Waals surface area contributed by atoms with Gasteiger partial charge in [0.25, 0.3) is 0 Å². The van der Waals surface area contributed by atoms with Gasteiger partial charge in [0.1, 0.15) is 5.60 Å². The van der Waals surface area contributed by atoms with E-state index < -0.39 is 5.60 Å². The first-order valence-electron chi connectivity index (χ1n) is 24.0. The summed E-state index contributed by atoms with van der Waals surface area (Å²) in [4.78, 5) is 12.9. The molecule has 1 aliphatic heterocycles. The molecule has 0 N–H and O–H groups in total. The average molecular weight is 913 g/mol. The SMILES string of the molecule is C=C=C=C=C=C=C(C)CC.C=C=C=C=C=C=C=C=C=C=C=C=C=C=C1CC2(CCC(=C)O2)C2(C)CCC3C(C(=C=C=C=C=C=C)C(=C=C=C=C=C)C4=CC(=O)CCC43C)C12.CC1CC1C.CCC(C)C. The van der Waals surface area contributed by atoms with E-state index in [1.807, 2.05) is 6.92 Å². The van der Waals surface area contributed by atoms with Crippen molar-refractivity contribution >= 4 is 5.78 Å². The van der Waals surface area contributed by atoms with Crippen LogP contribution in [0.1, 0.15) is 127 Å². The van der Waals surface area contributed by atoms with E-state index in [0.717, 1.165) is 89.9 Å². The molecule has 348 valence electrons. The number of hydrogen-bond acceptors (Lipinski definition) is 2. The number of rotatable bonds is 2. The van der Waals surface area contributed by atoms with Crippen LogP contribution in [0.25, 0.3) is 0 Å². The van der Waals surface area contributed by atoms with E-state index in [1.54, 1.807) is 6.08 Å². The summed E-state index contributed by atoms with van der Waals surface area (Å²) >= 11 is 0. The molecule has 5 aliphatic carbocycles. The number of hydrogen-bond donors (Lipinski definition) is 0. The molecule has 4 saturated carbocycles. The monoisotopic (exact) mass is 912 g/mol. The summed E-state index contributed by atoms with van der Waals surface area (Å²) in [7, 11) is 0. The van der Waals surface area contributed by atoms with Crippen LogP contribution in [0.4, 0.5) is 0 Å². The molecule has 2 nitrogen and oxygen atoms in total. The molecule has 1 spiro atoms. The van der Waals surface area contributed by atoms with Gasteiger partial charge in [-0.25, -0.2) is 0 Å². The summed E-state index contributed by atoms with van der Waals surface area (Å²) in [6, 6.07) is 0. The van der Waals surface area contributed by atoms with Crippen LogP contribution in [0, 0.1) is 46.3 Å². The minimum atomic E-state index is -0.442. The van der Waals surface area contributed by atoms with E-state index in [0.29, 0.717) is 12.8 Å². The molecule has 0 radical (unpaired) electrons. The van der Waals surface area contributed by atoms with Crippen molar-refractivity contribution < 1.29 is 9.53 Å². The Kier molecular flexibility index (Phi) is 22.8. The maximum Gasteiger partial charge on any atom is 0.156 e. The van der Waals surface area contributed by atoms with Crippen LogP contribution in [0.15, 0.2) is 227 Å². The van der Waals surface area contributed by atoms with Crippen LogP contribution >= 0.6 is 0 Å². The Labute approximate surface area is 419 Å². The molecular weight excluding hydrogens is 849 g/mol. The topological polar surface area (TPSA) is 26.3 Å². The Morgan fingerprint density at radius 2 is 1.19 bits per heavy atom. The maximum atomic E-state index is 12.9. The first-order valence-corrected chi connectivity index (χ1v) is 24.0. The standard InChI is InChI=1S/C48H32O2.C10H10.C5H10.C5H12/c1-7-10-13-15-16-17-18-19-20-21-22-24-26-38-36-48(34-29-37(4)50-48)47(6)33-31-42-44(45(38)47)41(28-25-14-11-8-2)40(27-23-12-9-3)43-35-39(49)30-32-46(42,43)5;1-4-6-7-8-9-10(3)5-2;1-4-3-5(4)2;1-4-5(2)3/h35,42,44-45H,1-4,29-34,36H2,5-6H3;1,5H2,2-3H3;4-5H,3H2,1-2H3;5H,4H2,1-3H3. The van der Waals surface area contributed by atoms with Crippen LogP contribution in [-0.4, -0.2) is 11.4 Å². The Morgan fingerprint density at radius 3 is 1.69 bits per heavy atom. The number of carbonyl (C=O) groups is 1. The van der Waals surface area contributed by atoms with Gasteiger partial charge in [0.2, 0.25) is 0 Å². The highest BCUT2D eigenvalue weighted by atomic mass is 16.5. The first kappa shape index (κ1) is 56.3. The van der Waals surface area contributed by atoms with Gasteiger partial charge in [0, 0.05) is 47.7 Å². The second-order valence-corrected chi connectivity index (χ2v) is 18.8. The van der Waals surface area contributed by atoms with Crippen molar-refractivity contribution in [2.24, 2.45) is 46.3 Å². The lowest BCUT2D eigenvalue weighted by Crippen LogP contribution is -2.55. The van der Waals surface area contributed by atoms with Gasteiger partial charge < -0.3 is 4.74 Å². The third kappa shape index (κ3) is 15.5. The van der Waals surface area contributed by atoms with E-state index in [2.05, 4.69) is 243 Å². The Balaban J connectivity index is 0.000000538. The quantitative estimate of drug-likeness (QED) is 0.258. The number of ketones is 1. The summed E-state index contributed by atoms with van der Waals surface area (Å²) < 4.78 is 6.72. The highest BCUT2D eigenvalue weighted by Gasteiger charge is 2.69. The predicted molar refractivity (Wildman–Crippen MR) is 280 cm³/mol. The molecule has 70 heavy (non-hydrogen) atoms. The molecule has 6 rings (SSSR count). The fourth-order valence-electron chi connectivity index (χ4n) is 9.41. The van der Waals surface area contributed by atoms with E-state index in [9.17, 15) is 4.79 Å². The zero-order valence-electron chi connectivity index (χ0n) is 43.0. The number of ether oxygens (including phenoxy) is 1. The molecule has 5 fully saturated rings. The molecule has 8 unspecified atom stereocenters. The Bertz CT molecular complexity index is 3290. The zero-order valence-corrected chi connectivity index (χ0v) is 43.0. The maximum absolute atomic E-state index is 12.9. The third-order valence-corrected chi connectivity index (χ3v) is 14.0. The molecular formula is C68H64O2. The van der Waals surface area contributed by atoms with Crippen molar-refractivity contribution in [3.05, 3.63) is 227 Å². The van der Waals surface area contributed by atoms with Gasteiger partial charge in [0.15, 0.2) is 5.78 Å². The van der Waals surface area contributed by atoms with Gasteiger partial charge in [-0.05, 0) is 233 Å². The van der Waals surface area contributed by atoms with Crippen molar-refractivity contribution in [2.45, 2.75) is 132 Å². The highest BCUT2D eigenvalue weighted by Crippen LogP contribution is 2.72. The Hall–Kier alpha value is -8.03. The molecule has 2 heteroatoms. The summed E-state index contributed by atoms with van der Waals surface area (Å²) in [6.45, 7) is 38.1. The molecule has 0 aromatic heterocycles. The van der Waals surface area contributed by atoms with Crippen molar-refractivity contribution in [3.63, 3.8) is 0 Å². The summed E-state index contributed by atoms with van der Waals surface area (Å²) in [5, 5.41) is 0. The minimum Gasteiger partial charge on any atom is -0.491 e. The molecule has 1 heterocycles. The van der Waals surface area contributed by atoms with Gasteiger partial charge in [-0.2, -0.15) is 0 Å². The lowest BCUT2D eigenvalue weighted by atomic mass is 9.44. The molecule has 0 bridgehead atoms. The van der Waals surface area contributed by atoms with Gasteiger partial charge in [-0.3, -0.25) is 4.79 Å². The number of carbonyl (C=O) groups excluding carboxylic acids is 1. The van der Waals surface area contributed by atoms with E-state index in [4.69, 9.17) is 4.74 Å². The van der Waals surface area contributed by atoms with Crippen LogP contribution in [0.5, 0.6) is 0 Å². The molecule has 1 saturated heterocycles. The van der Waals surface area contributed by atoms with Gasteiger partial charge in [-0.15, -0.1) is 0 Å². The minimum absolute atomic E-state index is 0.0197. The lowest BCUT2D eigenvalue weighted by molar-refractivity contribution is -0.119. The Morgan fingerprint density at radius 1 is 0.700 bits per heavy atom. The molecule has 8 atom stereocenters. The average Bonchev–Trinajstić information content (AvgIpc) is 3.73. The summed E-state index contributed by atoms with van der Waals surface area (Å²) in [5.41, 5.74) is 78.7. The molecule has 0 aromatic carbocycles. The lowest BCUT2D eigenvalue weighted by Gasteiger charge is -2.59. The smallest absolute Gasteiger partial charge is 0.156 e. The van der Waals surface area contributed by atoms with Crippen molar-refractivity contribution in [1.29, 1.82) is 0 Å². The van der Waals surface area contributed by atoms with Gasteiger partial charge in [0.05, 0.1) is 5.76 Å². The summed E-state index contributed by atoms with van der Waals surface area (Å²) in [6.07, 6.45) is 11.0. The van der Waals surface area contributed by atoms with Crippen molar-refractivity contribution in [1.82, 2.24) is 0 Å². The van der Waals surface area contributed by atoms with Gasteiger partial charge in [-0.1, -0.05) is 114 Å². The molecule has 0 aromatic rings. The van der Waals surface area contributed by atoms with Crippen LogP contribution < -0.4 is 0 Å². The molecule has 6 aliphatic rings. The largest absolute Gasteiger partial charge is 0.491 e. The first-order chi connectivity index (χ1) is 33.6. The van der Waals surface area contributed by atoms with Crippen LogP contribution in [-0.2, 0) is 9.53 Å². The second kappa shape index (κ2) is 28.3.